The van der Waals surface area contributed by atoms with Gasteiger partial charge in [-0.1, -0.05) is 27.2 Å². The molecule has 8 heteroatoms. The van der Waals surface area contributed by atoms with Crippen molar-refractivity contribution in [2.45, 2.75) is 104 Å². The van der Waals surface area contributed by atoms with Crippen LogP contribution in [0.4, 0.5) is 4.79 Å². The summed E-state index contributed by atoms with van der Waals surface area (Å²) in [5.41, 5.74) is -1.87. The highest BCUT2D eigenvalue weighted by Crippen LogP contribution is 2.56. The maximum absolute atomic E-state index is 13.8. The molecular weight excluding hydrogens is 410 g/mol. The van der Waals surface area contributed by atoms with Crippen LogP contribution in [0.1, 0.15) is 80.1 Å². The second-order valence-electron chi connectivity index (χ2n) is 12.1. The standard InChI is InChI=1S/C24H37N3O5/c1-22(2,3)16(25-21(31)32-23(4,5)6)19(29)26-13-10-15-17(26)24(11-7-12-24)20(30)27(15)18(28)14-8-9-14/h14-17H,7-13H2,1-6H3,(H,25,31)/t15-,16+,17-/m0/s1. The third-order valence-electron chi connectivity index (χ3n) is 7.38. The molecule has 0 bridgehead atoms. The number of ether oxygens (including phenoxy) is 1. The third kappa shape index (κ3) is 3.79. The number of imide groups is 1. The van der Waals surface area contributed by atoms with Gasteiger partial charge in [0, 0.05) is 12.5 Å². The summed E-state index contributed by atoms with van der Waals surface area (Å²) in [5.74, 6) is -0.366. The van der Waals surface area contributed by atoms with E-state index in [-0.39, 0.29) is 35.7 Å². The van der Waals surface area contributed by atoms with Crippen LogP contribution in [-0.2, 0) is 19.1 Å². The molecule has 3 atom stereocenters. The molecule has 0 aromatic rings. The second kappa shape index (κ2) is 7.45. The van der Waals surface area contributed by atoms with Crippen LogP contribution in [-0.4, -0.2) is 63.9 Å². The van der Waals surface area contributed by atoms with Gasteiger partial charge in [0.1, 0.15) is 11.6 Å². The van der Waals surface area contributed by atoms with Gasteiger partial charge in [0.05, 0.1) is 17.5 Å². The molecule has 0 radical (unpaired) electrons. The van der Waals surface area contributed by atoms with Gasteiger partial charge in [-0.3, -0.25) is 19.3 Å². The van der Waals surface area contributed by atoms with E-state index in [1.54, 1.807) is 25.7 Å². The van der Waals surface area contributed by atoms with Crippen molar-refractivity contribution in [2.75, 3.05) is 6.54 Å². The lowest BCUT2D eigenvalue weighted by Gasteiger charge is -2.45. The molecule has 8 nitrogen and oxygen atoms in total. The van der Waals surface area contributed by atoms with E-state index in [0.29, 0.717) is 25.8 Å². The monoisotopic (exact) mass is 447 g/mol. The maximum atomic E-state index is 13.8. The van der Waals surface area contributed by atoms with Gasteiger partial charge in [-0.2, -0.15) is 0 Å². The lowest BCUT2D eigenvalue weighted by Crippen LogP contribution is -2.60. The number of rotatable bonds is 3. The number of hydrogen-bond donors (Lipinski definition) is 1. The highest BCUT2D eigenvalue weighted by molar-refractivity contribution is 6.04. The van der Waals surface area contributed by atoms with E-state index in [9.17, 15) is 19.2 Å². The zero-order valence-electron chi connectivity index (χ0n) is 20.2. The molecule has 1 N–H and O–H groups in total. The summed E-state index contributed by atoms with van der Waals surface area (Å²) in [6.45, 7) is 11.5. The molecule has 0 aromatic heterocycles. The summed E-state index contributed by atoms with van der Waals surface area (Å²) in [6.07, 6.45) is 4.03. The molecule has 2 saturated carbocycles. The van der Waals surface area contributed by atoms with Crippen LogP contribution in [0.25, 0.3) is 0 Å². The van der Waals surface area contributed by atoms with Crippen LogP contribution < -0.4 is 5.32 Å². The average Bonchev–Trinajstić information content (AvgIpc) is 3.32. The molecule has 2 heterocycles. The molecule has 32 heavy (non-hydrogen) atoms. The lowest BCUT2D eigenvalue weighted by atomic mass is 9.64. The molecule has 2 aliphatic heterocycles. The van der Waals surface area contributed by atoms with Crippen molar-refractivity contribution >= 4 is 23.8 Å². The molecule has 2 aliphatic carbocycles. The van der Waals surface area contributed by atoms with Crippen molar-refractivity contribution in [1.82, 2.24) is 15.1 Å². The number of amides is 4. The van der Waals surface area contributed by atoms with Crippen LogP contribution in [0, 0.1) is 16.7 Å². The summed E-state index contributed by atoms with van der Waals surface area (Å²) in [6, 6.07) is -1.34. The minimum atomic E-state index is -0.795. The van der Waals surface area contributed by atoms with Crippen LogP contribution in [0.5, 0.6) is 0 Å². The maximum Gasteiger partial charge on any atom is 0.408 e. The fraction of sp³-hybridized carbons (Fsp3) is 0.833. The quantitative estimate of drug-likeness (QED) is 0.671. The first kappa shape index (κ1) is 23.1. The number of fused-ring (bicyclic) bond motifs is 2. The van der Waals surface area contributed by atoms with Crippen molar-refractivity contribution in [3.63, 3.8) is 0 Å². The van der Waals surface area contributed by atoms with E-state index in [0.717, 1.165) is 19.3 Å². The molecule has 0 aromatic carbocycles. The average molecular weight is 448 g/mol. The Labute approximate surface area is 190 Å². The van der Waals surface area contributed by atoms with E-state index >= 15 is 0 Å². The molecule has 4 fully saturated rings. The van der Waals surface area contributed by atoms with Crippen molar-refractivity contribution in [1.29, 1.82) is 0 Å². The number of hydrogen-bond acceptors (Lipinski definition) is 5. The summed E-state index contributed by atoms with van der Waals surface area (Å²) in [7, 11) is 0. The molecule has 4 rings (SSSR count). The van der Waals surface area contributed by atoms with Crippen LogP contribution in [0.3, 0.4) is 0 Å². The molecule has 4 aliphatic rings. The van der Waals surface area contributed by atoms with Gasteiger partial charge in [0.25, 0.3) is 0 Å². The van der Waals surface area contributed by atoms with Crippen molar-refractivity contribution in [3.05, 3.63) is 0 Å². The molecule has 0 unspecified atom stereocenters. The largest absolute Gasteiger partial charge is 0.444 e. The first-order chi connectivity index (χ1) is 14.8. The van der Waals surface area contributed by atoms with Crippen LogP contribution in [0.2, 0.25) is 0 Å². The Bertz CT molecular complexity index is 832. The zero-order chi connectivity index (χ0) is 23.6. The van der Waals surface area contributed by atoms with Crippen LogP contribution >= 0.6 is 0 Å². The summed E-state index contributed by atoms with van der Waals surface area (Å²) in [5, 5.41) is 2.79. The van der Waals surface area contributed by atoms with E-state index in [1.807, 2.05) is 20.8 Å². The smallest absolute Gasteiger partial charge is 0.408 e. The SMILES string of the molecule is CC(C)(C)OC(=O)N[C@H](C(=O)N1CC[C@H]2[C@H]1C1(CCC1)C(=O)N2C(=O)C1CC1)C(C)(C)C. The Morgan fingerprint density at radius 2 is 1.69 bits per heavy atom. The van der Waals surface area contributed by atoms with Crippen molar-refractivity contribution in [2.24, 2.45) is 16.7 Å². The predicted octanol–water partition coefficient (Wildman–Crippen LogP) is 2.84. The number of nitrogens with one attached hydrogen (secondary N) is 1. The molecular formula is C24H37N3O5. The summed E-state index contributed by atoms with van der Waals surface area (Å²) >= 11 is 0. The Hall–Kier alpha value is -2.12. The minimum absolute atomic E-state index is 0.0317. The highest BCUT2D eigenvalue weighted by Gasteiger charge is 2.68. The fourth-order valence-corrected chi connectivity index (χ4v) is 5.57. The van der Waals surface area contributed by atoms with Crippen LogP contribution in [0.15, 0.2) is 0 Å². The Balaban J connectivity index is 1.59. The molecule has 2 saturated heterocycles. The number of carbonyl (C=O) groups excluding carboxylic acids is 4. The topological polar surface area (TPSA) is 96.0 Å². The van der Waals surface area contributed by atoms with Crippen molar-refractivity contribution in [3.8, 4) is 0 Å². The number of likely N-dealkylation sites (tertiary alicyclic amines) is 2. The van der Waals surface area contributed by atoms with Gasteiger partial charge >= 0.3 is 6.09 Å². The van der Waals surface area contributed by atoms with Gasteiger partial charge < -0.3 is 15.0 Å². The molecule has 178 valence electrons. The van der Waals surface area contributed by atoms with E-state index in [4.69, 9.17) is 4.74 Å². The van der Waals surface area contributed by atoms with E-state index in [1.165, 1.54) is 4.90 Å². The van der Waals surface area contributed by atoms with E-state index < -0.39 is 28.6 Å². The van der Waals surface area contributed by atoms with Gasteiger partial charge in [0.2, 0.25) is 17.7 Å². The Kier molecular flexibility index (Phi) is 5.37. The van der Waals surface area contributed by atoms with E-state index in [2.05, 4.69) is 5.32 Å². The summed E-state index contributed by atoms with van der Waals surface area (Å²) in [4.78, 5) is 56.1. The third-order valence-corrected chi connectivity index (χ3v) is 7.38. The summed E-state index contributed by atoms with van der Waals surface area (Å²) < 4.78 is 5.41. The second-order valence-corrected chi connectivity index (χ2v) is 12.1. The lowest BCUT2D eigenvalue weighted by molar-refractivity contribution is -0.152. The fourth-order valence-electron chi connectivity index (χ4n) is 5.57. The normalized spacial score (nSPS) is 27.8. The Morgan fingerprint density at radius 3 is 2.16 bits per heavy atom. The number of alkyl carbamates (subject to hydrolysis) is 1. The molecule has 1 spiro atoms. The zero-order valence-corrected chi connectivity index (χ0v) is 20.2. The Morgan fingerprint density at radius 1 is 1.06 bits per heavy atom. The first-order valence-electron chi connectivity index (χ1n) is 11.9. The highest BCUT2D eigenvalue weighted by atomic mass is 16.6. The molecule has 4 amide bonds. The number of nitrogens with zero attached hydrogens (tertiary/aromatic N) is 2. The van der Waals surface area contributed by atoms with Gasteiger partial charge in [-0.15, -0.1) is 0 Å². The first-order valence-corrected chi connectivity index (χ1v) is 11.9. The number of carbonyl (C=O) groups is 4. The van der Waals surface area contributed by atoms with Crippen molar-refractivity contribution < 1.29 is 23.9 Å². The minimum Gasteiger partial charge on any atom is -0.444 e. The van der Waals surface area contributed by atoms with Gasteiger partial charge in [-0.25, -0.2) is 4.79 Å². The van der Waals surface area contributed by atoms with Gasteiger partial charge in [-0.05, 0) is 58.3 Å². The predicted molar refractivity (Wildman–Crippen MR) is 117 cm³/mol. The van der Waals surface area contributed by atoms with Gasteiger partial charge in [0.15, 0.2) is 0 Å².